The maximum Gasteiger partial charge on any atom is 0.148 e. The van der Waals surface area contributed by atoms with Gasteiger partial charge in [-0.2, -0.15) is 0 Å². The molecule has 0 spiro atoms. The Hall–Kier alpha value is -1.69. The fraction of sp³-hybridized carbons (Fsp3) is 0.357. The van der Waals surface area contributed by atoms with Crippen molar-refractivity contribution in [2.24, 2.45) is 0 Å². The highest BCUT2D eigenvalue weighted by molar-refractivity contribution is 9.10. The van der Waals surface area contributed by atoms with Crippen LogP contribution in [0.3, 0.4) is 0 Å². The molecule has 6 heteroatoms. The van der Waals surface area contributed by atoms with Gasteiger partial charge in [-0.25, -0.2) is 9.97 Å². The normalized spacial score (nSPS) is 10.3. The number of pyridine rings is 1. The molecule has 106 valence electrons. The van der Waals surface area contributed by atoms with Crippen LogP contribution in [-0.2, 0) is 6.54 Å². The molecular weight excluding hydrogens is 318 g/mol. The first-order chi connectivity index (χ1) is 9.76. The second-order valence-corrected chi connectivity index (χ2v) is 5.02. The first-order valence-corrected chi connectivity index (χ1v) is 7.44. The highest BCUT2D eigenvalue weighted by atomic mass is 79.9. The third-order valence-electron chi connectivity index (χ3n) is 2.88. The lowest BCUT2D eigenvalue weighted by atomic mass is 10.3. The van der Waals surface area contributed by atoms with E-state index in [4.69, 9.17) is 0 Å². The molecule has 0 aliphatic rings. The van der Waals surface area contributed by atoms with Crippen LogP contribution in [0.2, 0.25) is 0 Å². The Morgan fingerprint density at radius 2 is 2.05 bits per heavy atom. The van der Waals surface area contributed by atoms with E-state index in [0.29, 0.717) is 0 Å². The molecule has 2 aromatic rings. The summed E-state index contributed by atoms with van der Waals surface area (Å²) in [6, 6.07) is 5.93. The molecule has 0 aromatic carbocycles. The van der Waals surface area contributed by atoms with Crippen molar-refractivity contribution in [2.75, 3.05) is 23.3 Å². The van der Waals surface area contributed by atoms with E-state index < -0.39 is 0 Å². The van der Waals surface area contributed by atoms with E-state index in [0.717, 1.165) is 41.4 Å². The van der Waals surface area contributed by atoms with Crippen molar-refractivity contribution in [3.8, 4) is 0 Å². The lowest BCUT2D eigenvalue weighted by Crippen LogP contribution is -2.24. The predicted octanol–water partition coefficient (Wildman–Crippen LogP) is 3.09. The molecule has 0 amide bonds. The van der Waals surface area contributed by atoms with Crippen molar-refractivity contribution in [1.82, 2.24) is 15.0 Å². The molecule has 0 radical (unpaired) electrons. The zero-order chi connectivity index (χ0) is 14.4. The highest BCUT2D eigenvalue weighted by Crippen LogP contribution is 2.29. The van der Waals surface area contributed by atoms with Crippen LogP contribution >= 0.6 is 15.9 Å². The maximum absolute atomic E-state index is 4.39. The maximum atomic E-state index is 4.39. The lowest BCUT2D eigenvalue weighted by Gasteiger charge is -2.23. The summed E-state index contributed by atoms with van der Waals surface area (Å²) >= 11 is 3.59. The standard InChI is InChI=1S/C14H18BrN5/c1-3-16-13-12(15)14(19-10-18-13)20(4-2)9-11-7-5-6-8-17-11/h5-8,10H,3-4,9H2,1-2H3,(H,16,18,19). The fourth-order valence-electron chi connectivity index (χ4n) is 1.90. The number of hydrogen-bond acceptors (Lipinski definition) is 5. The van der Waals surface area contributed by atoms with Crippen molar-refractivity contribution in [3.05, 3.63) is 40.9 Å². The molecule has 1 N–H and O–H groups in total. The van der Waals surface area contributed by atoms with Gasteiger partial charge in [0.1, 0.15) is 22.4 Å². The van der Waals surface area contributed by atoms with Crippen molar-refractivity contribution in [1.29, 1.82) is 0 Å². The molecule has 0 bridgehead atoms. The van der Waals surface area contributed by atoms with Gasteiger partial charge in [-0.15, -0.1) is 0 Å². The van der Waals surface area contributed by atoms with Gasteiger partial charge in [0.2, 0.25) is 0 Å². The molecule has 0 saturated carbocycles. The number of nitrogens with one attached hydrogen (secondary N) is 1. The van der Waals surface area contributed by atoms with Gasteiger partial charge < -0.3 is 10.2 Å². The average Bonchev–Trinajstić information content (AvgIpc) is 2.49. The van der Waals surface area contributed by atoms with Crippen molar-refractivity contribution in [3.63, 3.8) is 0 Å². The van der Waals surface area contributed by atoms with Crippen LogP contribution in [-0.4, -0.2) is 28.0 Å². The van der Waals surface area contributed by atoms with E-state index in [1.165, 1.54) is 0 Å². The SMILES string of the molecule is CCNc1ncnc(N(CC)Cc2ccccn2)c1Br. The summed E-state index contributed by atoms with van der Waals surface area (Å²) in [5.41, 5.74) is 1.02. The van der Waals surface area contributed by atoms with Crippen LogP contribution in [0.4, 0.5) is 11.6 Å². The number of aromatic nitrogens is 3. The van der Waals surface area contributed by atoms with E-state index in [-0.39, 0.29) is 0 Å². The van der Waals surface area contributed by atoms with E-state index >= 15 is 0 Å². The molecule has 20 heavy (non-hydrogen) atoms. The minimum Gasteiger partial charge on any atom is -0.369 e. The van der Waals surface area contributed by atoms with Crippen molar-refractivity contribution >= 4 is 27.6 Å². The molecule has 0 atom stereocenters. The third-order valence-corrected chi connectivity index (χ3v) is 3.61. The number of halogens is 1. The molecule has 2 heterocycles. The van der Waals surface area contributed by atoms with E-state index in [1.54, 1.807) is 6.33 Å². The zero-order valence-electron chi connectivity index (χ0n) is 11.7. The van der Waals surface area contributed by atoms with Crippen LogP contribution in [0.25, 0.3) is 0 Å². The molecule has 0 aliphatic carbocycles. The number of hydrogen-bond donors (Lipinski definition) is 1. The molecule has 0 aliphatic heterocycles. The summed E-state index contributed by atoms with van der Waals surface area (Å²) in [4.78, 5) is 15.2. The molecule has 0 unspecified atom stereocenters. The van der Waals surface area contributed by atoms with Gasteiger partial charge in [-0.05, 0) is 41.9 Å². The van der Waals surface area contributed by atoms with Crippen molar-refractivity contribution in [2.45, 2.75) is 20.4 Å². The number of rotatable bonds is 6. The number of anilines is 2. The molecular formula is C14H18BrN5. The number of nitrogens with zero attached hydrogens (tertiary/aromatic N) is 4. The molecule has 2 aromatic heterocycles. The first kappa shape index (κ1) is 14.7. The smallest absolute Gasteiger partial charge is 0.148 e. The summed E-state index contributed by atoms with van der Waals surface area (Å²) in [6.07, 6.45) is 3.39. The van der Waals surface area contributed by atoms with E-state index in [1.807, 2.05) is 31.3 Å². The van der Waals surface area contributed by atoms with Crippen LogP contribution < -0.4 is 10.2 Å². The van der Waals surface area contributed by atoms with E-state index in [9.17, 15) is 0 Å². The Morgan fingerprint density at radius 1 is 1.20 bits per heavy atom. The van der Waals surface area contributed by atoms with Crippen LogP contribution in [0.1, 0.15) is 19.5 Å². The quantitative estimate of drug-likeness (QED) is 0.879. The minimum atomic E-state index is 0.721. The van der Waals surface area contributed by atoms with Crippen LogP contribution in [0, 0.1) is 0 Å². The van der Waals surface area contributed by atoms with Gasteiger partial charge in [0.25, 0.3) is 0 Å². The molecule has 2 rings (SSSR count). The first-order valence-electron chi connectivity index (χ1n) is 6.65. The Bertz CT molecular complexity index is 547. The van der Waals surface area contributed by atoms with Gasteiger partial charge in [0.05, 0.1) is 12.2 Å². The minimum absolute atomic E-state index is 0.721. The Morgan fingerprint density at radius 3 is 2.70 bits per heavy atom. The Kier molecular flexibility index (Phi) is 5.29. The second-order valence-electron chi connectivity index (χ2n) is 4.23. The molecule has 0 saturated heterocycles. The Labute approximate surface area is 127 Å². The van der Waals surface area contributed by atoms with Gasteiger partial charge in [0.15, 0.2) is 0 Å². The second kappa shape index (κ2) is 7.19. The fourth-order valence-corrected chi connectivity index (χ4v) is 2.49. The largest absolute Gasteiger partial charge is 0.369 e. The van der Waals surface area contributed by atoms with E-state index in [2.05, 4.69) is 48.0 Å². The summed E-state index contributed by atoms with van der Waals surface area (Å²) in [7, 11) is 0. The van der Waals surface area contributed by atoms with Crippen LogP contribution in [0.5, 0.6) is 0 Å². The van der Waals surface area contributed by atoms with Gasteiger partial charge in [-0.3, -0.25) is 4.98 Å². The summed E-state index contributed by atoms with van der Waals surface area (Å²) in [5.74, 6) is 1.70. The van der Waals surface area contributed by atoms with Crippen LogP contribution in [0.15, 0.2) is 35.2 Å². The third kappa shape index (κ3) is 3.45. The van der Waals surface area contributed by atoms with Gasteiger partial charge in [0, 0.05) is 19.3 Å². The lowest BCUT2D eigenvalue weighted by molar-refractivity contribution is 0.788. The van der Waals surface area contributed by atoms with Crippen molar-refractivity contribution < 1.29 is 0 Å². The predicted molar refractivity (Wildman–Crippen MR) is 84.9 cm³/mol. The van der Waals surface area contributed by atoms with Gasteiger partial charge in [-0.1, -0.05) is 6.07 Å². The molecule has 0 fully saturated rings. The Balaban J connectivity index is 2.25. The topological polar surface area (TPSA) is 53.9 Å². The summed E-state index contributed by atoms with van der Waals surface area (Å²) in [6.45, 7) is 6.53. The van der Waals surface area contributed by atoms with Gasteiger partial charge >= 0.3 is 0 Å². The summed E-state index contributed by atoms with van der Waals surface area (Å²) in [5, 5.41) is 3.22. The highest BCUT2D eigenvalue weighted by Gasteiger charge is 2.14. The monoisotopic (exact) mass is 335 g/mol. The average molecular weight is 336 g/mol. The summed E-state index contributed by atoms with van der Waals surface area (Å²) < 4.78 is 0.889. The zero-order valence-corrected chi connectivity index (χ0v) is 13.3. The molecule has 5 nitrogen and oxygen atoms in total.